The third-order valence-electron chi connectivity index (χ3n) is 5.11. The van der Waals surface area contributed by atoms with Crippen LogP contribution in [0.25, 0.3) is 11.0 Å². The molecule has 1 N–H and O–H groups in total. The second-order valence-electron chi connectivity index (χ2n) is 6.73. The van der Waals surface area contributed by atoms with Crippen molar-refractivity contribution in [3.05, 3.63) is 30.1 Å². The zero-order valence-electron chi connectivity index (χ0n) is 13.7. The van der Waals surface area contributed by atoms with Crippen molar-refractivity contribution in [2.45, 2.75) is 31.8 Å². The Hall–Kier alpha value is -1.43. The largest absolute Gasteiger partial charge is 0.379 e. The van der Waals surface area contributed by atoms with Gasteiger partial charge in [0.1, 0.15) is 5.82 Å². The molecule has 1 unspecified atom stereocenters. The molecule has 2 aromatic rings. The molecule has 2 fully saturated rings. The molecule has 1 aromatic heterocycles. The predicted octanol–water partition coefficient (Wildman–Crippen LogP) is 2.25. The maximum Gasteiger partial charge on any atom is 0.121 e. The summed E-state index contributed by atoms with van der Waals surface area (Å²) in [5.41, 5.74) is 2.22. The number of morpholine rings is 1. The van der Waals surface area contributed by atoms with E-state index in [-0.39, 0.29) is 0 Å². The monoisotopic (exact) mass is 314 g/mol. The van der Waals surface area contributed by atoms with Gasteiger partial charge in [0, 0.05) is 25.7 Å². The summed E-state index contributed by atoms with van der Waals surface area (Å²) in [6.07, 6.45) is 3.96. The third kappa shape index (κ3) is 3.57. The molecule has 0 spiro atoms. The van der Waals surface area contributed by atoms with E-state index >= 15 is 0 Å². The number of fused-ring (bicyclic) bond motifs is 1. The predicted molar refractivity (Wildman–Crippen MR) is 91.4 cm³/mol. The highest BCUT2D eigenvalue weighted by Gasteiger charge is 2.26. The molecule has 124 valence electrons. The molecule has 1 aromatic carbocycles. The number of aromatic nitrogens is 2. The van der Waals surface area contributed by atoms with E-state index in [2.05, 4.69) is 39.0 Å². The lowest BCUT2D eigenvalue weighted by molar-refractivity contribution is 0.0149. The number of imidazole rings is 1. The zero-order chi connectivity index (χ0) is 15.5. The van der Waals surface area contributed by atoms with Crippen LogP contribution in [0, 0.1) is 0 Å². The van der Waals surface area contributed by atoms with E-state index in [0.29, 0.717) is 6.04 Å². The minimum absolute atomic E-state index is 0.648. The summed E-state index contributed by atoms with van der Waals surface area (Å²) >= 11 is 0. The molecule has 0 aliphatic carbocycles. The molecule has 0 saturated carbocycles. The third-order valence-corrected chi connectivity index (χ3v) is 5.11. The Morgan fingerprint density at radius 2 is 2.00 bits per heavy atom. The normalized spacial score (nSPS) is 24.3. The number of H-pyrrole nitrogens is 1. The van der Waals surface area contributed by atoms with Gasteiger partial charge in [0.2, 0.25) is 0 Å². The van der Waals surface area contributed by atoms with E-state index in [4.69, 9.17) is 9.72 Å². The molecule has 5 heteroatoms. The summed E-state index contributed by atoms with van der Waals surface area (Å²) in [5, 5.41) is 0. The minimum Gasteiger partial charge on any atom is -0.379 e. The van der Waals surface area contributed by atoms with Crippen molar-refractivity contribution in [3.63, 3.8) is 0 Å². The molecule has 3 heterocycles. The highest BCUT2D eigenvalue weighted by Crippen LogP contribution is 2.21. The van der Waals surface area contributed by atoms with E-state index in [1.807, 2.05) is 0 Å². The van der Waals surface area contributed by atoms with Gasteiger partial charge in [-0.2, -0.15) is 0 Å². The highest BCUT2D eigenvalue weighted by molar-refractivity contribution is 5.74. The lowest BCUT2D eigenvalue weighted by Gasteiger charge is -2.39. The summed E-state index contributed by atoms with van der Waals surface area (Å²) in [6.45, 7) is 7.22. The Labute approximate surface area is 137 Å². The van der Waals surface area contributed by atoms with Crippen LogP contribution in [0.15, 0.2) is 24.3 Å². The van der Waals surface area contributed by atoms with E-state index in [0.717, 1.165) is 49.7 Å². The molecule has 23 heavy (non-hydrogen) atoms. The number of ether oxygens (including phenoxy) is 1. The average Bonchev–Trinajstić information content (AvgIpc) is 3.00. The fourth-order valence-corrected chi connectivity index (χ4v) is 3.83. The number of rotatable bonds is 4. The van der Waals surface area contributed by atoms with Gasteiger partial charge in [0.25, 0.3) is 0 Å². The number of benzene rings is 1. The number of nitrogens with zero attached hydrogens (tertiary/aromatic N) is 3. The molecule has 2 aliphatic rings. The van der Waals surface area contributed by atoms with Crippen LogP contribution in [0.5, 0.6) is 0 Å². The van der Waals surface area contributed by atoms with Gasteiger partial charge in [-0.05, 0) is 31.5 Å². The first kappa shape index (κ1) is 15.1. The SMILES string of the molecule is c1ccc2[nH]c(CN3CCCCC3CN3CCOCC3)nc2c1. The van der Waals surface area contributed by atoms with E-state index in [1.54, 1.807) is 0 Å². The van der Waals surface area contributed by atoms with Gasteiger partial charge in [0.15, 0.2) is 0 Å². The van der Waals surface area contributed by atoms with Gasteiger partial charge in [-0.25, -0.2) is 4.98 Å². The van der Waals surface area contributed by atoms with Crippen LogP contribution in [0.3, 0.4) is 0 Å². The van der Waals surface area contributed by atoms with Crippen LogP contribution >= 0.6 is 0 Å². The van der Waals surface area contributed by atoms with Crippen LogP contribution in [0.4, 0.5) is 0 Å². The first-order valence-corrected chi connectivity index (χ1v) is 8.86. The number of hydrogen-bond donors (Lipinski definition) is 1. The van der Waals surface area contributed by atoms with Crippen LogP contribution in [0.1, 0.15) is 25.1 Å². The van der Waals surface area contributed by atoms with E-state index < -0.39 is 0 Å². The molecule has 0 radical (unpaired) electrons. The summed E-state index contributed by atoms with van der Waals surface area (Å²) in [5.74, 6) is 1.10. The van der Waals surface area contributed by atoms with Crippen molar-refractivity contribution < 1.29 is 4.74 Å². The van der Waals surface area contributed by atoms with Crippen molar-refractivity contribution in [2.75, 3.05) is 39.4 Å². The molecule has 0 bridgehead atoms. The van der Waals surface area contributed by atoms with Gasteiger partial charge in [-0.15, -0.1) is 0 Å². The van der Waals surface area contributed by atoms with Crippen molar-refractivity contribution in [1.29, 1.82) is 0 Å². The average molecular weight is 314 g/mol. The Morgan fingerprint density at radius 1 is 1.13 bits per heavy atom. The molecule has 5 nitrogen and oxygen atoms in total. The lowest BCUT2D eigenvalue weighted by atomic mass is 10.0. The molecule has 1 atom stereocenters. The second-order valence-corrected chi connectivity index (χ2v) is 6.73. The van der Waals surface area contributed by atoms with E-state index in [1.165, 1.54) is 32.4 Å². The maximum absolute atomic E-state index is 5.47. The maximum atomic E-state index is 5.47. The Morgan fingerprint density at radius 3 is 2.87 bits per heavy atom. The molecule has 2 saturated heterocycles. The highest BCUT2D eigenvalue weighted by atomic mass is 16.5. The number of likely N-dealkylation sites (tertiary alicyclic amines) is 1. The van der Waals surface area contributed by atoms with Crippen molar-refractivity contribution in [1.82, 2.24) is 19.8 Å². The summed E-state index contributed by atoms with van der Waals surface area (Å²) in [4.78, 5) is 13.4. The van der Waals surface area contributed by atoms with Crippen molar-refractivity contribution >= 4 is 11.0 Å². The fraction of sp³-hybridized carbons (Fsp3) is 0.611. The molecule has 2 aliphatic heterocycles. The Balaban J connectivity index is 1.44. The smallest absolute Gasteiger partial charge is 0.121 e. The van der Waals surface area contributed by atoms with Gasteiger partial charge in [0.05, 0.1) is 30.8 Å². The lowest BCUT2D eigenvalue weighted by Crippen LogP contribution is -2.49. The number of piperidine rings is 1. The Kier molecular flexibility index (Phi) is 4.60. The van der Waals surface area contributed by atoms with Gasteiger partial charge in [-0.3, -0.25) is 9.80 Å². The number of nitrogens with one attached hydrogen (secondary N) is 1. The topological polar surface area (TPSA) is 44.4 Å². The molecular formula is C18H26N4O. The van der Waals surface area contributed by atoms with E-state index in [9.17, 15) is 0 Å². The molecule has 4 rings (SSSR count). The summed E-state index contributed by atoms with van der Waals surface area (Å²) < 4.78 is 5.47. The molecule has 0 amide bonds. The van der Waals surface area contributed by atoms with Crippen LogP contribution in [0.2, 0.25) is 0 Å². The van der Waals surface area contributed by atoms with Gasteiger partial charge in [-0.1, -0.05) is 18.6 Å². The van der Waals surface area contributed by atoms with Crippen molar-refractivity contribution in [3.8, 4) is 0 Å². The van der Waals surface area contributed by atoms with Crippen molar-refractivity contribution in [2.24, 2.45) is 0 Å². The first-order chi connectivity index (χ1) is 11.4. The fourth-order valence-electron chi connectivity index (χ4n) is 3.83. The second kappa shape index (κ2) is 6.99. The first-order valence-electron chi connectivity index (χ1n) is 8.86. The Bertz CT molecular complexity index is 602. The zero-order valence-corrected chi connectivity index (χ0v) is 13.7. The standard InChI is InChI=1S/C18H26N4O/c1-2-7-17-16(6-1)19-18(20-17)14-22-8-4-3-5-15(22)13-21-9-11-23-12-10-21/h1-2,6-7,15H,3-5,8-14H2,(H,19,20). The van der Waals surface area contributed by atoms with Crippen LogP contribution < -0.4 is 0 Å². The van der Waals surface area contributed by atoms with Gasteiger partial charge < -0.3 is 9.72 Å². The van der Waals surface area contributed by atoms with Crippen LogP contribution in [-0.2, 0) is 11.3 Å². The summed E-state index contributed by atoms with van der Waals surface area (Å²) in [7, 11) is 0. The number of hydrogen-bond acceptors (Lipinski definition) is 4. The molecular weight excluding hydrogens is 288 g/mol. The van der Waals surface area contributed by atoms with Gasteiger partial charge >= 0.3 is 0 Å². The summed E-state index contributed by atoms with van der Waals surface area (Å²) in [6, 6.07) is 8.95. The van der Waals surface area contributed by atoms with Crippen LogP contribution in [-0.4, -0.2) is 65.2 Å². The quantitative estimate of drug-likeness (QED) is 0.940. The number of aromatic amines is 1. The number of para-hydroxylation sites is 2. The minimum atomic E-state index is 0.648.